The summed E-state index contributed by atoms with van der Waals surface area (Å²) in [5, 5.41) is 13.9. The number of hydrogen-bond acceptors (Lipinski definition) is 5. The van der Waals surface area contributed by atoms with Gasteiger partial charge in [0.25, 0.3) is 0 Å². The van der Waals surface area contributed by atoms with E-state index in [1.165, 1.54) is 19.2 Å². The quantitative estimate of drug-likeness (QED) is 0.514. The molecule has 6 nitrogen and oxygen atoms in total. The normalized spacial score (nSPS) is 13.0. The first-order valence-electron chi connectivity index (χ1n) is 8.74. The topological polar surface area (TPSA) is 71.7 Å². The number of rotatable bonds is 4. The van der Waals surface area contributed by atoms with Gasteiger partial charge in [-0.3, -0.25) is 4.40 Å². The summed E-state index contributed by atoms with van der Waals surface area (Å²) >= 11 is 0. The van der Waals surface area contributed by atoms with Crippen molar-refractivity contribution >= 4 is 22.4 Å². The molecule has 9 heteroatoms. The molecule has 2 aromatic heterocycles. The number of phenolic OH excluding ortho intramolecular Hbond substituents is 1. The first-order valence-corrected chi connectivity index (χ1v) is 8.74. The highest BCUT2D eigenvalue weighted by atomic mass is 19.4. The number of nitrogens with one attached hydrogen (secondary N) is 1. The number of anilines is 1. The molecule has 4 aromatic rings. The molecule has 4 rings (SSSR count). The van der Waals surface area contributed by atoms with E-state index in [1.807, 2.05) is 0 Å². The predicted molar refractivity (Wildman–Crippen MR) is 102 cm³/mol. The van der Waals surface area contributed by atoms with Crippen molar-refractivity contribution in [2.24, 2.45) is 0 Å². The van der Waals surface area contributed by atoms with Gasteiger partial charge in [0.1, 0.15) is 12.1 Å². The molecule has 2 heterocycles. The molecule has 1 unspecified atom stereocenters. The van der Waals surface area contributed by atoms with Gasteiger partial charge in [-0.15, -0.1) is 0 Å². The molecule has 0 amide bonds. The highest BCUT2D eigenvalue weighted by Gasteiger charge is 2.30. The number of alkyl halides is 3. The Morgan fingerprint density at radius 1 is 1.21 bits per heavy atom. The molecule has 1 atom stereocenters. The Morgan fingerprint density at radius 3 is 2.72 bits per heavy atom. The van der Waals surface area contributed by atoms with Gasteiger partial charge < -0.3 is 15.2 Å². The lowest BCUT2D eigenvalue weighted by Crippen LogP contribution is -2.11. The highest BCUT2D eigenvalue weighted by Crippen LogP contribution is 2.36. The fourth-order valence-corrected chi connectivity index (χ4v) is 3.22. The van der Waals surface area contributed by atoms with E-state index in [9.17, 15) is 18.3 Å². The molecule has 0 aliphatic rings. The summed E-state index contributed by atoms with van der Waals surface area (Å²) in [5.41, 5.74) is 0.973. The zero-order chi connectivity index (χ0) is 20.8. The molecule has 0 spiro atoms. The second-order valence-electron chi connectivity index (χ2n) is 6.61. The monoisotopic (exact) mass is 402 g/mol. The zero-order valence-electron chi connectivity index (χ0n) is 15.5. The first kappa shape index (κ1) is 18.9. The Morgan fingerprint density at radius 2 is 2.00 bits per heavy atom. The van der Waals surface area contributed by atoms with Crippen LogP contribution in [-0.2, 0) is 6.18 Å². The summed E-state index contributed by atoms with van der Waals surface area (Å²) in [5.74, 6) is 0.627. The van der Waals surface area contributed by atoms with Crippen molar-refractivity contribution in [1.82, 2.24) is 14.4 Å². The fourth-order valence-electron chi connectivity index (χ4n) is 3.22. The number of hydrogen-bond donors (Lipinski definition) is 2. The molecular weight excluding hydrogens is 385 g/mol. The van der Waals surface area contributed by atoms with Crippen LogP contribution in [0.5, 0.6) is 11.5 Å². The van der Waals surface area contributed by atoms with Crippen LogP contribution in [-0.4, -0.2) is 26.6 Å². The molecule has 2 N–H and O–H groups in total. The van der Waals surface area contributed by atoms with Gasteiger partial charge in [0.05, 0.1) is 24.4 Å². The van der Waals surface area contributed by atoms with Gasteiger partial charge in [0.2, 0.25) is 0 Å². The summed E-state index contributed by atoms with van der Waals surface area (Å²) < 4.78 is 46.0. The minimum absolute atomic E-state index is 0.0731. The third kappa shape index (κ3) is 3.39. The standard InChI is InChI=1S/C20H17F3N4O2/c1-11(12-4-3-5-13(6-12)20(21,22)23)25-19-14-7-16(28)17(29-2)8-15(14)27-10-24-9-18(27)26-19/h3-11,28H,1-2H3,(H,25,26). The zero-order valence-corrected chi connectivity index (χ0v) is 15.5. The second kappa shape index (κ2) is 6.84. The second-order valence-corrected chi connectivity index (χ2v) is 6.61. The number of ether oxygens (including phenoxy) is 1. The number of aromatic hydroxyl groups is 1. The van der Waals surface area contributed by atoms with Crippen molar-refractivity contribution in [2.45, 2.75) is 19.1 Å². The molecule has 0 fully saturated rings. The van der Waals surface area contributed by atoms with E-state index in [0.29, 0.717) is 27.9 Å². The summed E-state index contributed by atoms with van der Waals surface area (Å²) in [7, 11) is 1.45. The van der Waals surface area contributed by atoms with Crippen LogP contribution in [0.15, 0.2) is 48.9 Å². The molecule has 0 saturated heterocycles. The Balaban J connectivity index is 1.80. The number of methoxy groups -OCH3 is 1. The van der Waals surface area contributed by atoms with Crippen molar-refractivity contribution in [2.75, 3.05) is 12.4 Å². The van der Waals surface area contributed by atoms with Gasteiger partial charge in [-0.25, -0.2) is 9.97 Å². The minimum Gasteiger partial charge on any atom is -0.504 e. The van der Waals surface area contributed by atoms with E-state index < -0.39 is 17.8 Å². The fraction of sp³-hybridized carbons (Fsp3) is 0.200. The van der Waals surface area contributed by atoms with E-state index in [4.69, 9.17) is 4.74 Å². The van der Waals surface area contributed by atoms with Crippen molar-refractivity contribution in [3.05, 3.63) is 60.0 Å². The molecule has 2 aromatic carbocycles. The summed E-state index contributed by atoms with van der Waals surface area (Å²) in [6.45, 7) is 1.74. The van der Waals surface area contributed by atoms with Gasteiger partial charge in [0, 0.05) is 17.5 Å². The Kier molecular flexibility index (Phi) is 4.45. The molecule has 29 heavy (non-hydrogen) atoms. The average molecular weight is 402 g/mol. The van der Waals surface area contributed by atoms with Crippen molar-refractivity contribution in [3.8, 4) is 11.5 Å². The van der Waals surface area contributed by atoms with Gasteiger partial charge in [-0.2, -0.15) is 13.2 Å². The summed E-state index contributed by atoms with van der Waals surface area (Å²) in [6.07, 6.45) is -1.26. The number of imidazole rings is 1. The van der Waals surface area contributed by atoms with Crippen LogP contribution in [0.3, 0.4) is 0 Å². The first-order chi connectivity index (χ1) is 13.8. The van der Waals surface area contributed by atoms with Crippen LogP contribution in [0.4, 0.5) is 19.0 Å². The SMILES string of the molecule is COc1cc2c(cc1O)c(NC(C)c1cccc(C(F)(F)F)c1)nc1cncn12. The maximum absolute atomic E-state index is 13.0. The van der Waals surface area contributed by atoms with Crippen molar-refractivity contribution in [1.29, 1.82) is 0 Å². The smallest absolute Gasteiger partial charge is 0.416 e. The molecular formula is C20H17F3N4O2. The number of benzene rings is 2. The third-order valence-corrected chi connectivity index (χ3v) is 4.72. The lowest BCUT2D eigenvalue weighted by Gasteiger charge is -2.19. The highest BCUT2D eigenvalue weighted by molar-refractivity contribution is 5.94. The molecule has 0 saturated carbocycles. The lowest BCUT2D eigenvalue weighted by atomic mass is 10.0. The number of fused-ring (bicyclic) bond motifs is 3. The van der Waals surface area contributed by atoms with E-state index in [1.54, 1.807) is 36.0 Å². The van der Waals surface area contributed by atoms with Crippen LogP contribution in [0.1, 0.15) is 24.1 Å². The summed E-state index contributed by atoms with van der Waals surface area (Å²) in [4.78, 5) is 8.60. The van der Waals surface area contributed by atoms with Gasteiger partial charge in [0.15, 0.2) is 17.1 Å². The van der Waals surface area contributed by atoms with Crippen LogP contribution in [0, 0.1) is 0 Å². The summed E-state index contributed by atoms with van der Waals surface area (Å²) in [6, 6.07) is 7.82. The lowest BCUT2D eigenvalue weighted by molar-refractivity contribution is -0.137. The Labute approximate surface area is 163 Å². The van der Waals surface area contributed by atoms with Gasteiger partial charge in [-0.1, -0.05) is 12.1 Å². The van der Waals surface area contributed by atoms with Crippen LogP contribution in [0.25, 0.3) is 16.6 Å². The van der Waals surface area contributed by atoms with Crippen LogP contribution in [0.2, 0.25) is 0 Å². The van der Waals surface area contributed by atoms with Crippen LogP contribution < -0.4 is 10.1 Å². The number of aromatic nitrogens is 3. The largest absolute Gasteiger partial charge is 0.504 e. The van der Waals surface area contributed by atoms with Gasteiger partial charge in [-0.05, 0) is 30.7 Å². The Bertz CT molecular complexity index is 1200. The average Bonchev–Trinajstić information content (AvgIpc) is 3.15. The van der Waals surface area contributed by atoms with E-state index in [-0.39, 0.29) is 11.5 Å². The van der Waals surface area contributed by atoms with E-state index in [0.717, 1.165) is 12.1 Å². The number of phenols is 1. The molecule has 0 bridgehead atoms. The molecule has 0 aliphatic heterocycles. The number of nitrogens with zero attached hydrogens (tertiary/aromatic N) is 3. The van der Waals surface area contributed by atoms with E-state index >= 15 is 0 Å². The van der Waals surface area contributed by atoms with Crippen LogP contribution >= 0.6 is 0 Å². The van der Waals surface area contributed by atoms with E-state index in [2.05, 4.69) is 15.3 Å². The van der Waals surface area contributed by atoms with Gasteiger partial charge >= 0.3 is 6.18 Å². The molecule has 0 radical (unpaired) electrons. The van der Waals surface area contributed by atoms with Crippen molar-refractivity contribution < 1.29 is 23.0 Å². The molecule has 150 valence electrons. The van der Waals surface area contributed by atoms with Crippen molar-refractivity contribution in [3.63, 3.8) is 0 Å². The maximum Gasteiger partial charge on any atom is 0.416 e. The predicted octanol–water partition coefficient (Wildman–Crippen LogP) is 4.79. The number of halogens is 3. The Hall–Kier alpha value is -3.49. The third-order valence-electron chi connectivity index (χ3n) is 4.72. The minimum atomic E-state index is -4.42. The maximum atomic E-state index is 13.0. The molecule has 0 aliphatic carbocycles.